The predicted molar refractivity (Wildman–Crippen MR) is 96.0 cm³/mol. The number of nitrogens with zero attached hydrogens (tertiary/aromatic N) is 2. The second-order valence-corrected chi connectivity index (χ2v) is 5.76. The number of benzene rings is 1. The van der Waals surface area contributed by atoms with Crippen LogP contribution < -0.4 is 20.1 Å². The Morgan fingerprint density at radius 3 is 2.54 bits per heavy atom. The van der Waals surface area contributed by atoms with Crippen LogP contribution in [0.2, 0.25) is 0 Å². The third-order valence-corrected chi connectivity index (χ3v) is 3.47. The van der Waals surface area contributed by atoms with Gasteiger partial charge in [0.1, 0.15) is 0 Å². The van der Waals surface area contributed by atoms with E-state index in [2.05, 4.69) is 20.4 Å². The lowest BCUT2D eigenvalue weighted by atomic mass is 10.2. The summed E-state index contributed by atoms with van der Waals surface area (Å²) >= 11 is 0. The number of guanidine groups is 1. The second kappa shape index (κ2) is 11.5. The molecule has 0 heterocycles. The van der Waals surface area contributed by atoms with Crippen LogP contribution >= 0.6 is 0 Å². The van der Waals surface area contributed by atoms with Crippen LogP contribution in [0.1, 0.15) is 12.5 Å². The third-order valence-electron chi connectivity index (χ3n) is 3.47. The number of hydrogen-bond donors (Lipinski definition) is 2. The number of likely N-dealkylation sites (N-methyl/N-ethyl adjacent to an activating group) is 1. The first-order valence-corrected chi connectivity index (χ1v) is 8.55. The van der Waals surface area contributed by atoms with Crippen molar-refractivity contribution in [1.82, 2.24) is 15.5 Å². The van der Waals surface area contributed by atoms with E-state index in [1.165, 1.54) is 20.2 Å². The number of halogens is 5. The number of alkyl halides is 5. The molecule has 1 aromatic rings. The molecule has 28 heavy (non-hydrogen) atoms. The van der Waals surface area contributed by atoms with Gasteiger partial charge in [-0.15, -0.1) is 0 Å². The molecule has 6 nitrogen and oxygen atoms in total. The van der Waals surface area contributed by atoms with Crippen LogP contribution in [0, 0.1) is 0 Å². The number of para-hydroxylation sites is 1. The Labute approximate surface area is 160 Å². The minimum atomic E-state index is -4.26. The molecule has 0 aliphatic heterocycles. The zero-order chi connectivity index (χ0) is 21.2. The summed E-state index contributed by atoms with van der Waals surface area (Å²) in [6, 6.07) is 4.76. The molecule has 0 aliphatic carbocycles. The largest absolute Gasteiger partial charge is 0.490 e. The molecule has 0 aromatic heterocycles. The summed E-state index contributed by atoms with van der Waals surface area (Å²) in [5.41, 5.74) is 0.420. The first-order valence-electron chi connectivity index (χ1n) is 8.55. The average molecular weight is 412 g/mol. The average Bonchev–Trinajstić information content (AvgIpc) is 2.58. The Kier molecular flexibility index (Phi) is 9.77. The molecule has 0 atom stereocenters. The number of nitrogens with one attached hydrogen (secondary N) is 2. The fraction of sp³-hybridized carbons (Fsp3) is 0.588. The molecule has 0 saturated heterocycles. The molecule has 0 fully saturated rings. The fourth-order valence-electron chi connectivity index (χ4n) is 2.34. The van der Waals surface area contributed by atoms with Crippen LogP contribution in [0.3, 0.4) is 0 Å². The summed E-state index contributed by atoms with van der Waals surface area (Å²) in [5.74, 6) is 0.427. The Morgan fingerprint density at radius 1 is 1.25 bits per heavy atom. The Balaban J connectivity index is 2.64. The highest BCUT2D eigenvalue weighted by molar-refractivity contribution is 5.79. The molecule has 160 valence electrons. The molecule has 1 aromatic carbocycles. The van der Waals surface area contributed by atoms with Crippen molar-refractivity contribution in [2.75, 3.05) is 40.3 Å². The third kappa shape index (κ3) is 9.07. The van der Waals surface area contributed by atoms with Crippen LogP contribution in [-0.2, 0) is 6.54 Å². The van der Waals surface area contributed by atoms with Crippen molar-refractivity contribution in [1.29, 1.82) is 0 Å². The van der Waals surface area contributed by atoms with Gasteiger partial charge >= 0.3 is 12.8 Å². The quantitative estimate of drug-likeness (QED) is 0.352. The molecule has 0 unspecified atom stereocenters. The zero-order valence-electron chi connectivity index (χ0n) is 15.9. The Bertz CT molecular complexity index is 626. The molecule has 0 aliphatic rings. The lowest BCUT2D eigenvalue weighted by Crippen LogP contribution is -2.42. The number of hydrogen-bond acceptors (Lipinski definition) is 4. The molecule has 0 radical (unpaired) electrons. The van der Waals surface area contributed by atoms with Crippen LogP contribution in [0.4, 0.5) is 22.0 Å². The molecular formula is C17H25F5N4O2. The Hall–Kier alpha value is -2.30. The number of ether oxygens (including phenoxy) is 2. The van der Waals surface area contributed by atoms with E-state index in [9.17, 15) is 22.0 Å². The van der Waals surface area contributed by atoms with Gasteiger partial charge in [0, 0.05) is 32.2 Å². The van der Waals surface area contributed by atoms with Gasteiger partial charge in [-0.2, -0.15) is 22.0 Å². The van der Waals surface area contributed by atoms with E-state index in [0.717, 1.165) is 4.90 Å². The molecule has 11 heteroatoms. The summed E-state index contributed by atoms with van der Waals surface area (Å²) in [5, 5.41) is 5.77. The number of rotatable bonds is 10. The van der Waals surface area contributed by atoms with E-state index >= 15 is 0 Å². The lowest BCUT2D eigenvalue weighted by molar-refractivity contribution is -0.142. The van der Waals surface area contributed by atoms with Gasteiger partial charge in [0.2, 0.25) is 0 Å². The minimum Gasteiger partial charge on any atom is -0.490 e. The minimum absolute atomic E-state index is 0.0767. The first-order chi connectivity index (χ1) is 13.2. The van der Waals surface area contributed by atoms with Crippen molar-refractivity contribution in [3.63, 3.8) is 0 Å². The standard InChI is InChI=1S/C17H25F5N4O2/c1-4-27-13-7-5-6-12(14(13)28-15(18)19)10-25-16(23-2)24-8-9-26(3)11-17(20,21)22/h5-7,15H,4,8-11H2,1-3H3,(H2,23,24,25). The normalized spacial score (nSPS) is 12.4. The maximum atomic E-state index is 12.7. The molecule has 2 N–H and O–H groups in total. The molecular weight excluding hydrogens is 387 g/mol. The Morgan fingerprint density at radius 2 is 1.96 bits per heavy atom. The van der Waals surface area contributed by atoms with Crippen molar-refractivity contribution in [2.45, 2.75) is 26.3 Å². The van der Waals surface area contributed by atoms with Crippen molar-refractivity contribution in [2.24, 2.45) is 4.99 Å². The monoisotopic (exact) mass is 412 g/mol. The first kappa shape index (κ1) is 23.7. The van der Waals surface area contributed by atoms with Crippen molar-refractivity contribution < 1.29 is 31.4 Å². The molecule has 0 saturated carbocycles. The van der Waals surface area contributed by atoms with E-state index in [-0.39, 0.29) is 37.7 Å². The van der Waals surface area contributed by atoms with E-state index < -0.39 is 19.3 Å². The molecule has 0 spiro atoms. The van der Waals surface area contributed by atoms with Gasteiger partial charge in [-0.25, -0.2) is 0 Å². The summed E-state index contributed by atoms with van der Waals surface area (Å²) in [6.07, 6.45) is -4.26. The van der Waals surface area contributed by atoms with E-state index in [0.29, 0.717) is 11.5 Å². The summed E-state index contributed by atoms with van der Waals surface area (Å²) in [4.78, 5) is 5.08. The van der Waals surface area contributed by atoms with Crippen LogP contribution in [0.15, 0.2) is 23.2 Å². The highest BCUT2D eigenvalue weighted by Gasteiger charge is 2.28. The van der Waals surface area contributed by atoms with E-state index in [4.69, 9.17) is 4.74 Å². The lowest BCUT2D eigenvalue weighted by Gasteiger charge is -2.20. The van der Waals surface area contributed by atoms with Gasteiger partial charge in [-0.1, -0.05) is 12.1 Å². The second-order valence-electron chi connectivity index (χ2n) is 5.76. The van der Waals surface area contributed by atoms with Crippen molar-refractivity contribution in [3.8, 4) is 11.5 Å². The molecule has 0 bridgehead atoms. The topological polar surface area (TPSA) is 58.1 Å². The summed E-state index contributed by atoms with van der Waals surface area (Å²) in [6.45, 7) is -1.57. The van der Waals surface area contributed by atoms with E-state index in [1.807, 2.05) is 0 Å². The highest BCUT2D eigenvalue weighted by Crippen LogP contribution is 2.32. The van der Waals surface area contributed by atoms with Crippen LogP contribution in [0.5, 0.6) is 11.5 Å². The van der Waals surface area contributed by atoms with Gasteiger partial charge in [-0.3, -0.25) is 9.89 Å². The summed E-state index contributed by atoms with van der Waals surface area (Å²) < 4.78 is 72.3. The SMILES string of the molecule is CCOc1cccc(CNC(=NC)NCCN(C)CC(F)(F)F)c1OC(F)F. The molecule has 0 amide bonds. The highest BCUT2D eigenvalue weighted by atomic mass is 19.4. The van der Waals surface area contributed by atoms with Crippen molar-refractivity contribution >= 4 is 5.96 Å². The maximum Gasteiger partial charge on any atom is 0.401 e. The number of aliphatic imine (C=N–C) groups is 1. The molecule has 1 rings (SSSR count). The van der Waals surface area contributed by atoms with Crippen LogP contribution in [0.25, 0.3) is 0 Å². The smallest absolute Gasteiger partial charge is 0.401 e. The zero-order valence-corrected chi connectivity index (χ0v) is 15.9. The van der Waals surface area contributed by atoms with Gasteiger partial charge in [0.15, 0.2) is 17.5 Å². The van der Waals surface area contributed by atoms with Gasteiger partial charge < -0.3 is 20.1 Å². The maximum absolute atomic E-state index is 12.7. The van der Waals surface area contributed by atoms with Crippen LogP contribution in [-0.4, -0.2) is 64.0 Å². The van der Waals surface area contributed by atoms with Gasteiger partial charge in [0.05, 0.1) is 13.2 Å². The fourth-order valence-corrected chi connectivity index (χ4v) is 2.34. The van der Waals surface area contributed by atoms with Gasteiger partial charge in [0.25, 0.3) is 0 Å². The van der Waals surface area contributed by atoms with E-state index in [1.54, 1.807) is 19.1 Å². The summed E-state index contributed by atoms with van der Waals surface area (Å²) in [7, 11) is 2.85. The van der Waals surface area contributed by atoms with Crippen molar-refractivity contribution in [3.05, 3.63) is 23.8 Å². The predicted octanol–water partition coefficient (Wildman–Crippen LogP) is 2.85. The van der Waals surface area contributed by atoms with Gasteiger partial charge in [-0.05, 0) is 20.0 Å².